The Balaban J connectivity index is 1.93. The molecule has 0 aromatic heterocycles. The molecule has 0 radical (unpaired) electrons. The molecule has 0 aliphatic carbocycles. The standard InChI is InChI=1S/C14H20O3/c1-3-12-13(10(2)14(15)17-12)16-9-11-7-5-4-6-8-11/h4-8,10,12-15H,3,9H2,1-2H3/t10-,12-,13?,14-/m1/s1. The van der Waals surface area contributed by atoms with E-state index in [1.54, 1.807) is 0 Å². The third kappa shape index (κ3) is 2.86. The molecule has 0 bridgehead atoms. The molecule has 0 spiro atoms. The van der Waals surface area contributed by atoms with Crippen LogP contribution in [0.4, 0.5) is 0 Å². The van der Waals surface area contributed by atoms with E-state index in [4.69, 9.17) is 9.47 Å². The van der Waals surface area contributed by atoms with Crippen molar-refractivity contribution >= 4 is 0 Å². The Morgan fingerprint density at radius 3 is 2.65 bits per heavy atom. The SMILES string of the molecule is CC[C@H]1O[C@@H](O)[C@H](C)C1OCc1ccccc1. The van der Waals surface area contributed by atoms with Crippen LogP contribution >= 0.6 is 0 Å². The average molecular weight is 236 g/mol. The van der Waals surface area contributed by atoms with Crippen molar-refractivity contribution in [3.63, 3.8) is 0 Å². The first-order valence-electron chi connectivity index (χ1n) is 6.21. The van der Waals surface area contributed by atoms with Crippen molar-refractivity contribution in [3.8, 4) is 0 Å². The molecular formula is C14H20O3. The van der Waals surface area contributed by atoms with Crippen molar-refractivity contribution in [2.75, 3.05) is 0 Å². The Morgan fingerprint density at radius 1 is 1.29 bits per heavy atom. The Kier molecular flexibility index (Phi) is 4.15. The van der Waals surface area contributed by atoms with Gasteiger partial charge < -0.3 is 14.6 Å². The van der Waals surface area contributed by atoms with Crippen LogP contribution in [0.1, 0.15) is 25.8 Å². The van der Waals surface area contributed by atoms with E-state index in [0.717, 1.165) is 12.0 Å². The second-order valence-electron chi connectivity index (χ2n) is 4.59. The molecule has 2 rings (SSSR count). The van der Waals surface area contributed by atoms with E-state index in [9.17, 15) is 5.11 Å². The fourth-order valence-corrected chi connectivity index (χ4v) is 2.24. The van der Waals surface area contributed by atoms with E-state index in [2.05, 4.69) is 0 Å². The molecule has 94 valence electrons. The van der Waals surface area contributed by atoms with E-state index >= 15 is 0 Å². The zero-order chi connectivity index (χ0) is 12.3. The van der Waals surface area contributed by atoms with Gasteiger partial charge in [0.25, 0.3) is 0 Å². The predicted octanol–water partition coefficient (Wildman–Crippen LogP) is 2.34. The first-order valence-corrected chi connectivity index (χ1v) is 6.21. The van der Waals surface area contributed by atoms with Gasteiger partial charge in [0.15, 0.2) is 6.29 Å². The summed E-state index contributed by atoms with van der Waals surface area (Å²) in [7, 11) is 0. The van der Waals surface area contributed by atoms with Crippen molar-refractivity contribution < 1.29 is 14.6 Å². The maximum atomic E-state index is 9.66. The largest absolute Gasteiger partial charge is 0.370 e. The Labute approximate surface area is 102 Å². The molecule has 1 aromatic rings. The molecule has 1 fully saturated rings. The summed E-state index contributed by atoms with van der Waals surface area (Å²) in [6.07, 6.45) is 0.153. The highest BCUT2D eigenvalue weighted by molar-refractivity contribution is 5.13. The van der Waals surface area contributed by atoms with Crippen molar-refractivity contribution in [2.24, 2.45) is 5.92 Å². The van der Waals surface area contributed by atoms with Crippen LogP contribution in [-0.2, 0) is 16.1 Å². The highest BCUT2D eigenvalue weighted by Crippen LogP contribution is 2.30. The van der Waals surface area contributed by atoms with Crippen LogP contribution in [0.15, 0.2) is 30.3 Å². The van der Waals surface area contributed by atoms with Crippen molar-refractivity contribution in [3.05, 3.63) is 35.9 Å². The van der Waals surface area contributed by atoms with Gasteiger partial charge in [-0.15, -0.1) is 0 Å². The highest BCUT2D eigenvalue weighted by atomic mass is 16.6. The number of ether oxygens (including phenoxy) is 2. The summed E-state index contributed by atoms with van der Waals surface area (Å²) < 4.78 is 11.3. The van der Waals surface area contributed by atoms with Gasteiger partial charge in [0.2, 0.25) is 0 Å². The molecule has 17 heavy (non-hydrogen) atoms. The summed E-state index contributed by atoms with van der Waals surface area (Å²) in [5.41, 5.74) is 1.15. The van der Waals surface area contributed by atoms with Crippen molar-refractivity contribution in [1.29, 1.82) is 0 Å². The lowest BCUT2D eigenvalue weighted by molar-refractivity contribution is -0.108. The molecule has 3 heteroatoms. The molecule has 1 aliphatic heterocycles. The monoisotopic (exact) mass is 236 g/mol. The lowest BCUT2D eigenvalue weighted by Crippen LogP contribution is -2.28. The summed E-state index contributed by atoms with van der Waals surface area (Å²) in [5.74, 6) is 0.0312. The first kappa shape index (κ1) is 12.6. The lowest BCUT2D eigenvalue weighted by atomic mass is 10.0. The summed E-state index contributed by atoms with van der Waals surface area (Å²) in [5, 5.41) is 9.66. The highest BCUT2D eigenvalue weighted by Gasteiger charge is 2.40. The van der Waals surface area contributed by atoms with E-state index < -0.39 is 6.29 Å². The van der Waals surface area contributed by atoms with Crippen molar-refractivity contribution in [2.45, 2.75) is 45.4 Å². The minimum Gasteiger partial charge on any atom is -0.370 e. The molecule has 1 saturated heterocycles. The Hall–Kier alpha value is -0.900. The number of aliphatic hydroxyl groups is 1. The molecule has 1 N–H and O–H groups in total. The second kappa shape index (κ2) is 5.63. The molecule has 0 saturated carbocycles. The normalized spacial score (nSPS) is 32.9. The van der Waals surface area contributed by atoms with Crippen LogP contribution in [0.25, 0.3) is 0 Å². The predicted molar refractivity (Wildman–Crippen MR) is 65.4 cm³/mol. The molecule has 1 aromatic carbocycles. The van der Waals surface area contributed by atoms with Crippen LogP contribution in [0.5, 0.6) is 0 Å². The lowest BCUT2D eigenvalue weighted by Gasteiger charge is -2.20. The van der Waals surface area contributed by atoms with Crippen LogP contribution < -0.4 is 0 Å². The van der Waals surface area contributed by atoms with Gasteiger partial charge in [-0.3, -0.25) is 0 Å². The van der Waals surface area contributed by atoms with Crippen molar-refractivity contribution in [1.82, 2.24) is 0 Å². The van der Waals surface area contributed by atoms with E-state index in [1.165, 1.54) is 0 Å². The molecule has 1 unspecified atom stereocenters. The molecule has 1 aliphatic rings. The molecule has 4 atom stereocenters. The summed E-state index contributed by atoms with van der Waals surface area (Å²) >= 11 is 0. The van der Waals surface area contributed by atoms with Gasteiger partial charge in [-0.25, -0.2) is 0 Å². The first-order chi connectivity index (χ1) is 8.22. The van der Waals surface area contributed by atoms with Crippen LogP contribution in [-0.4, -0.2) is 23.6 Å². The van der Waals surface area contributed by atoms with E-state index in [-0.39, 0.29) is 18.1 Å². The zero-order valence-electron chi connectivity index (χ0n) is 10.4. The topological polar surface area (TPSA) is 38.7 Å². The smallest absolute Gasteiger partial charge is 0.160 e. The number of benzene rings is 1. The maximum Gasteiger partial charge on any atom is 0.160 e. The number of rotatable bonds is 4. The minimum atomic E-state index is -0.694. The fourth-order valence-electron chi connectivity index (χ4n) is 2.24. The van der Waals surface area contributed by atoms with Gasteiger partial charge in [-0.2, -0.15) is 0 Å². The van der Waals surface area contributed by atoms with Gasteiger partial charge in [0.05, 0.1) is 18.8 Å². The molecule has 3 nitrogen and oxygen atoms in total. The number of hydrogen-bond donors (Lipinski definition) is 1. The van der Waals surface area contributed by atoms with E-state index in [0.29, 0.717) is 6.61 Å². The summed E-state index contributed by atoms with van der Waals surface area (Å²) in [6, 6.07) is 10.1. The Morgan fingerprint density at radius 2 is 2.00 bits per heavy atom. The third-order valence-corrected chi connectivity index (χ3v) is 3.34. The second-order valence-corrected chi connectivity index (χ2v) is 4.59. The van der Waals surface area contributed by atoms with Gasteiger partial charge >= 0.3 is 0 Å². The minimum absolute atomic E-state index is 0.00344. The van der Waals surface area contributed by atoms with Gasteiger partial charge in [-0.05, 0) is 12.0 Å². The summed E-state index contributed by atoms with van der Waals surface area (Å²) in [6.45, 7) is 4.59. The van der Waals surface area contributed by atoms with E-state index in [1.807, 2.05) is 44.2 Å². The van der Waals surface area contributed by atoms with Gasteiger partial charge in [-0.1, -0.05) is 44.2 Å². The zero-order valence-corrected chi connectivity index (χ0v) is 10.4. The van der Waals surface area contributed by atoms with Crippen LogP contribution in [0.2, 0.25) is 0 Å². The van der Waals surface area contributed by atoms with Gasteiger partial charge in [0, 0.05) is 5.92 Å². The summed E-state index contributed by atoms with van der Waals surface area (Å²) in [4.78, 5) is 0. The quantitative estimate of drug-likeness (QED) is 0.872. The number of aliphatic hydroxyl groups excluding tert-OH is 1. The molecular weight excluding hydrogens is 216 g/mol. The number of hydrogen-bond acceptors (Lipinski definition) is 3. The van der Waals surface area contributed by atoms with Gasteiger partial charge in [0.1, 0.15) is 0 Å². The maximum absolute atomic E-state index is 9.66. The molecule has 0 amide bonds. The Bertz CT molecular complexity index is 339. The molecule has 1 heterocycles. The van der Waals surface area contributed by atoms with Crippen LogP contribution in [0, 0.1) is 5.92 Å². The van der Waals surface area contributed by atoms with Crippen LogP contribution in [0.3, 0.4) is 0 Å². The fraction of sp³-hybridized carbons (Fsp3) is 0.571. The average Bonchev–Trinajstić information content (AvgIpc) is 2.64. The third-order valence-electron chi connectivity index (χ3n) is 3.34.